The second-order valence-corrected chi connectivity index (χ2v) is 10.8. The summed E-state index contributed by atoms with van der Waals surface area (Å²) in [6.07, 6.45) is -3.81. The van der Waals surface area contributed by atoms with Crippen LogP contribution < -0.4 is 14.8 Å². The lowest BCUT2D eigenvalue weighted by Gasteiger charge is -2.21. The molecule has 0 saturated carbocycles. The number of ether oxygens (including phenoxy) is 2. The maximum absolute atomic E-state index is 13.8. The van der Waals surface area contributed by atoms with Crippen molar-refractivity contribution < 1.29 is 31.2 Å². The third-order valence-electron chi connectivity index (χ3n) is 5.71. The molecule has 0 spiro atoms. The van der Waals surface area contributed by atoms with E-state index < -0.39 is 27.8 Å². The average Bonchev–Trinajstić information content (AvgIpc) is 3.21. The number of fused-ring (bicyclic) bond motifs is 1. The molecule has 0 unspecified atom stereocenters. The van der Waals surface area contributed by atoms with E-state index in [0.29, 0.717) is 39.4 Å². The molecule has 7 nitrogen and oxygen atoms in total. The van der Waals surface area contributed by atoms with Crippen molar-refractivity contribution in [2.24, 2.45) is 4.36 Å². The molecule has 1 N–H and O–H groups in total. The van der Waals surface area contributed by atoms with Gasteiger partial charge in [0.2, 0.25) is 0 Å². The van der Waals surface area contributed by atoms with Crippen LogP contribution >= 0.6 is 0 Å². The van der Waals surface area contributed by atoms with Gasteiger partial charge in [-0.2, -0.15) is 17.5 Å². The predicted octanol–water partition coefficient (Wildman–Crippen LogP) is 6.05. The molecule has 2 heterocycles. The maximum Gasteiger partial charge on any atom is 0.425 e. The minimum Gasteiger partial charge on any atom is -0.494 e. The van der Waals surface area contributed by atoms with Gasteiger partial charge >= 0.3 is 6.18 Å². The van der Waals surface area contributed by atoms with Crippen LogP contribution in [0.15, 0.2) is 35.0 Å². The van der Waals surface area contributed by atoms with E-state index >= 15 is 0 Å². The predicted molar refractivity (Wildman–Crippen MR) is 126 cm³/mol. The Bertz CT molecular complexity index is 1380. The summed E-state index contributed by atoms with van der Waals surface area (Å²) in [5.41, 5.74) is 1.57. The first-order valence-corrected chi connectivity index (χ1v) is 12.7. The number of hydrogen-bond acceptors (Lipinski definition) is 7. The van der Waals surface area contributed by atoms with Crippen molar-refractivity contribution >= 4 is 37.8 Å². The van der Waals surface area contributed by atoms with Gasteiger partial charge in [0.05, 0.1) is 28.0 Å². The zero-order valence-electron chi connectivity index (χ0n) is 19.3. The Kier molecular flexibility index (Phi) is 6.76. The van der Waals surface area contributed by atoms with Gasteiger partial charge in [0.15, 0.2) is 6.10 Å². The zero-order valence-corrected chi connectivity index (χ0v) is 20.1. The normalized spacial score (nSPS) is 16.2. The van der Waals surface area contributed by atoms with Crippen molar-refractivity contribution in [2.45, 2.75) is 39.0 Å². The number of rotatable bonds is 6. The molecule has 0 bridgehead atoms. The Morgan fingerprint density at radius 1 is 1.17 bits per heavy atom. The average molecular weight is 513 g/mol. The standard InChI is InChI=1S/C23H24F4N4O3S/c1-13-20-17(11-18(21(13)33-3)31-35(32)8-4-5-9-35)28-12-29-22(20)30-16-7-6-15(24)10-19(16)34-14(2)23(25,26)27/h6-7,10-12,14H,4-5,8-9H2,1-3H3,(H,28,29,30)/t14-/m1/s1. The number of hydrogen-bond donors (Lipinski definition) is 1. The van der Waals surface area contributed by atoms with E-state index in [0.717, 1.165) is 31.9 Å². The van der Waals surface area contributed by atoms with Gasteiger partial charge in [0, 0.05) is 28.5 Å². The van der Waals surface area contributed by atoms with E-state index in [1.807, 2.05) is 0 Å². The smallest absolute Gasteiger partial charge is 0.425 e. The molecule has 1 saturated heterocycles. The van der Waals surface area contributed by atoms with Gasteiger partial charge in [-0.1, -0.05) is 0 Å². The molecule has 1 fully saturated rings. The van der Waals surface area contributed by atoms with Gasteiger partial charge in [-0.3, -0.25) is 0 Å². The van der Waals surface area contributed by atoms with Crippen LogP contribution in [0.4, 0.5) is 34.8 Å². The highest BCUT2D eigenvalue weighted by molar-refractivity contribution is 7.93. The molecule has 0 aliphatic carbocycles. The minimum atomic E-state index is -4.63. The molecular formula is C23H24F4N4O3S. The van der Waals surface area contributed by atoms with Gasteiger partial charge in [0.1, 0.15) is 35.1 Å². The van der Waals surface area contributed by atoms with Crippen LogP contribution in [-0.4, -0.2) is 45.1 Å². The van der Waals surface area contributed by atoms with Crippen LogP contribution in [0.3, 0.4) is 0 Å². The van der Waals surface area contributed by atoms with Crippen molar-refractivity contribution in [3.63, 3.8) is 0 Å². The summed E-state index contributed by atoms with van der Waals surface area (Å²) in [5.74, 6) is 0.611. The third-order valence-corrected chi connectivity index (χ3v) is 8.09. The summed E-state index contributed by atoms with van der Waals surface area (Å²) in [5, 5.41) is 3.46. The number of alkyl halides is 3. The number of nitrogens with zero attached hydrogens (tertiary/aromatic N) is 3. The minimum absolute atomic E-state index is 0.0866. The fraction of sp³-hybridized carbons (Fsp3) is 0.391. The molecule has 2 aromatic carbocycles. The summed E-state index contributed by atoms with van der Waals surface area (Å²) in [6, 6.07) is 4.88. The highest BCUT2D eigenvalue weighted by Gasteiger charge is 2.38. The molecular weight excluding hydrogens is 488 g/mol. The second kappa shape index (κ2) is 9.48. The van der Waals surface area contributed by atoms with Gasteiger partial charge in [-0.05, 0) is 44.9 Å². The number of aromatic nitrogens is 2. The molecule has 1 atom stereocenters. The number of benzene rings is 2. The van der Waals surface area contributed by atoms with Crippen molar-refractivity contribution in [3.05, 3.63) is 42.0 Å². The van der Waals surface area contributed by atoms with Crippen molar-refractivity contribution in [1.29, 1.82) is 0 Å². The lowest BCUT2D eigenvalue weighted by molar-refractivity contribution is -0.189. The fourth-order valence-corrected chi connectivity index (χ4v) is 6.10. The summed E-state index contributed by atoms with van der Waals surface area (Å²) < 4.78 is 81.1. The van der Waals surface area contributed by atoms with Gasteiger partial charge in [-0.15, -0.1) is 0 Å². The summed E-state index contributed by atoms with van der Waals surface area (Å²) in [4.78, 5) is 8.54. The lowest BCUT2D eigenvalue weighted by Crippen LogP contribution is -2.31. The number of nitrogens with one attached hydrogen (secondary N) is 1. The largest absolute Gasteiger partial charge is 0.494 e. The Morgan fingerprint density at radius 2 is 1.89 bits per heavy atom. The summed E-state index contributed by atoms with van der Waals surface area (Å²) in [6.45, 7) is 2.59. The SMILES string of the molecule is COc1c(N=S2(=O)CCCC2)cc2ncnc(Nc3ccc(F)cc3O[C@H](C)C(F)(F)F)c2c1C. The van der Waals surface area contributed by atoms with Crippen LogP contribution in [0.25, 0.3) is 10.9 Å². The Hall–Kier alpha value is -3.15. The molecule has 1 aliphatic heterocycles. The van der Waals surface area contributed by atoms with E-state index in [1.165, 1.54) is 19.5 Å². The van der Waals surface area contributed by atoms with E-state index in [-0.39, 0.29) is 17.3 Å². The molecule has 1 aliphatic rings. The summed E-state index contributed by atoms with van der Waals surface area (Å²) in [7, 11) is -0.907. The van der Waals surface area contributed by atoms with Crippen LogP contribution in [0.1, 0.15) is 25.3 Å². The van der Waals surface area contributed by atoms with Gasteiger partial charge in [0.25, 0.3) is 0 Å². The van der Waals surface area contributed by atoms with Gasteiger partial charge < -0.3 is 14.8 Å². The monoisotopic (exact) mass is 512 g/mol. The number of aryl methyl sites for hydroxylation is 1. The number of anilines is 2. The van der Waals surface area contributed by atoms with Crippen LogP contribution in [0.5, 0.6) is 11.5 Å². The highest BCUT2D eigenvalue weighted by Crippen LogP contribution is 2.41. The lowest BCUT2D eigenvalue weighted by atomic mass is 10.1. The number of halogens is 4. The highest BCUT2D eigenvalue weighted by atomic mass is 32.2. The van der Waals surface area contributed by atoms with E-state index in [2.05, 4.69) is 19.6 Å². The molecule has 0 amide bonds. The van der Waals surface area contributed by atoms with Gasteiger partial charge in [-0.25, -0.2) is 18.6 Å². The Morgan fingerprint density at radius 3 is 2.54 bits per heavy atom. The van der Waals surface area contributed by atoms with Crippen LogP contribution in [-0.2, 0) is 9.73 Å². The van der Waals surface area contributed by atoms with Crippen molar-refractivity contribution in [1.82, 2.24) is 9.97 Å². The molecule has 12 heteroatoms. The quantitative estimate of drug-likeness (QED) is 0.405. The fourth-order valence-electron chi connectivity index (χ4n) is 3.91. The van der Waals surface area contributed by atoms with E-state index in [4.69, 9.17) is 9.47 Å². The third kappa shape index (κ3) is 5.26. The first kappa shape index (κ1) is 25.0. The molecule has 0 radical (unpaired) electrons. The van der Waals surface area contributed by atoms with E-state index in [1.54, 1.807) is 13.0 Å². The first-order chi connectivity index (χ1) is 16.5. The maximum atomic E-state index is 13.8. The van der Waals surface area contributed by atoms with E-state index in [9.17, 15) is 21.8 Å². The van der Waals surface area contributed by atoms with Crippen LogP contribution in [0, 0.1) is 12.7 Å². The number of methoxy groups -OCH3 is 1. The zero-order chi connectivity index (χ0) is 25.4. The van der Waals surface area contributed by atoms with Crippen molar-refractivity contribution in [3.8, 4) is 11.5 Å². The van der Waals surface area contributed by atoms with Crippen molar-refractivity contribution in [2.75, 3.05) is 23.9 Å². The Labute approximate surface area is 200 Å². The molecule has 4 rings (SSSR count). The first-order valence-electron chi connectivity index (χ1n) is 10.9. The summed E-state index contributed by atoms with van der Waals surface area (Å²) >= 11 is 0. The second-order valence-electron chi connectivity index (χ2n) is 8.22. The molecule has 3 aromatic rings. The topological polar surface area (TPSA) is 85.7 Å². The molecule has 1 aromatic heterocycles. The van der Waals surface area contributed by atoms with Crippen LogP contribution in [0.2, 0.25) is 0 Å². The Balaban J connectivity index is 1.80. The molecule has 188 valence electrons. The molecule has 35 heavy (non-hydrogen) atoms.